The smallest absolute Gasteiger partial charge is 0.253 e. The van der Waals surface area contributed by atoms with Crippen molar-refractivity contribution in [3.05, 3.63) is 28.8 Å². The first-order chi connectivity index (χ1) is 7.56. The van der Waals surface area contributed by atoms with Gasteiger partial charge in [-0.3, -0.25) is 4.79 Å². The number of phenolic OH excluding ortho intramolecular Hbond substituents is 1. The normalized spacial score (nSPS) is 23.6. The summed E-state index contributed by atoms with van der Waals surface area (Å²) >= 11 is 5.89. The van der Waals surface area contributed by atoms with Crippen LogP contribution in [-0.2, 0) is 0 Å². The van der Waals surface area contributed by atoms with Gasteiger partial charge in [-0.1, -0.05) is 18.5 Å². The Kier molecular flexibility index (Phi) is 3.06. The van der Waals surface area contributed by atoms with Crippen molar-refractivity contribution in [2.45, 2.75) is 25.8 Å². The van der Waals surface area contributed by atoms with Crippen LogP contribution in [0.3, 0.4) is 0 Å². The van der Waals surface area contributed by atoms with E-state index >= 15 is 0 Å². The zero-order valence-corrected chi connectivity index (χ0v) is 9.79. The second kappa shape index (κ2) is 4.34. The molecule has 16 heavy (non-hydrogen) atoms. The lowest BCUT2D eigenvalue weighted by molar-refractivity contribution is 0.0896. The number of rotatable bonds is 2. The predicted molar refractivity (Wildman–Crippen MR) is 62.8 cm³/mol. The molecule has 0 aliphatic heterocycles. The number of hydrogen-bond acceptors (Lipinski definition) is 2. The van der Waals surface area contributed by atoms with Gasteiger partial charge in [0.1, 0.15) is 5.75 Å². The molecular formula is C12H14ClNO2. The topological polar surface area (TPSA) is 49.3 Å². The molecule has 2 N–H and O–H groups in total. The summed E-state index contributed by atoms with van der Waals surface area (Å²) < 4.78 is 0. The first-order valence-electron chi connectivity index (χ1n) is 5.35. The molecule has 2 rings (SSSR count). The molecule has 0 radical (unpaired) electrons. The number of phenols is 1. The molecule has 1 aromatic rings. The van der Waals surface area contributed by atoms with Crippen molar-refractivity contribution < 1.29 is 9.90 Å². The molecule has 0 heterocycles. The third-order valence-electron chi connectivity index (χ3n) is 2.90. The predicted octanol–water partition coefficient (Wildman–Crippen LogP) is 2.57. The number of carbonyl (C=O) groups excluding carboxylic acids is 1. The molecule has 0 spiro atoms. The van der Waals surface area contributed by atoms with E-state index in [9.17, 15) is 9.90 Å². The Bertz CT molecular complexity index is 413. The average Bonchev–Trinajstić information content (AvgIpc) is 2.19. The van der Waals surface area contributed by atoms with Crippen molar-refractivity contribution in [3.63, 3.8) is 0 Å². The van der Waals surface area contributed by atoms with E-state index in [-0.39, 0.29) is 17.7 Å². The summed E-state index contributed by atoms with van der Waals surface area (Å²) in [5.74, 6) is 0.527. The highest BCUT2D eigenvalue weighted by Crippen LogP contribution is 2.27. The molecule has 1 saturated carbocycles. The summed E-state index contributed by atoms with van der Waals surface area (Å²) in [5.41, 5.74) is 0.334. The van der Waals surface area contributed by atoms with E-state index in [0.717, 1.165) is 12.8 Å². The molecule has 0 saturated heterocycles. The first kappa shape index (κ1) is 11.3. The van der Waals surface area contributed by atoms with Crippen molar-refractivity contribution in [1.29, 1.82) is 0 Å². The Morgan fingerprint density at radius 1 is 1.50 bits per heavy atom. The maximum Gasteiger partial charge on any atom is 0.253 e. The minimum absolute atomic E-state index is 0.0523. The van der Waals surface area contributed by atoms with Gasteiger partial charge in [0.15, 0.2) is 0 Å². The van der Waals surface area contributed by atoms with E-state index < -0.39 is 0 Å². The van der Waals surface area contributed by atoms with E-state index in [1.54, 1.807) is 0 Å². The van der Waals surface area contributed by atoms with Gasteiger partial charge in [-0.2, -0.15) is 0 Å². The number of carbonyl (C=O) groups is 1. The summed E-state index contributed by atoms with van der Waals surface area (Å²) in [7, 11) is 0. The summed E-state index contributed by atoms with van der Waals surface area (Å²) in [6.45, 7) is 2.16. The van der Waals surface area contributed by atoms with Crippen LogP contribution in [0.1, 0.15) is 30.1 Å². The largest absolute Gasteiger partial charge is 0.508 e. The lowest BCUT2D eigenvalue weighted by Gasteiger charge is -2.33. The summed E-state index contributed by atoms with van der Waals surface area (Å²) in [4.78, 5) is 11.8. The van der Waals surface area contributed by atoms with Gasteiger partial charge < -0.3 is 10.4 Å². The Balaban J connectivity index is 2.05. The molecule has 1 fully saturated rings. The Morgan fingerprint density at radius 3 is 2.81 bits per heavy atom. The van der Waals surface area contributed by atoms with Crippen LogP contribution in [0.15, 0.2) is 18.2 Å². The highest BCUT2D eigenvalue weighted by molar-refractivity contribution is 6.33. The van der Waals surface area contributed by atoms with Gasteiger partial charge in [-0.25, -0.2) is 0 Å². The van der Waals surface area contributed by atoms with Crippen molar-refractivity contribution in [3.8, 4) is 5.75 Å². The standard InChI is InChI=1S/C12H14ClNO2/c1-7-4-8(5-7)14-12(16)10-6-9(15)2-3-11(10)13/h2-3,6-8,15H,4-5H2,1H3,(H,14,16). The minimum Gasteiger partial charge on any atom is -0.508 e. The van der Waals surface area contributed by atoms with E-state index in [4.69, 9.17) is 11.6 Å². The number of amides is 1. The van der Waals surface area contributed by atoms with Gasteiger partial charge in [-0.05, 0) is 37.0 Å². The average molecular weight is 240 g/mol. The highest BCUT2D eigenvalue weighted by atomic mass is 35.5. The fourth-order valence-corrected chi connectivity index (χ4v) is 2.17. The van der Waals surface area contributed by atoms with Gasteiger partial charge in [-0.15, -0.1) is 0 Å². The molecular weight excluding hydrogens is 226 g/mol. The number of benzene rings is 1. The molecule has 3 nitrogen and oxygen atoms in total. The van der Waals surface area contributed by atoms with Crippen LogP contribution in [0.5, 0.6) is 5.75 Å². The highest BCUT2D eigenvalue weighted by Gasteiger charge is 2.27. The quantitative estimate of drug-likeness (QED) is 0.834. The summed E-state index contributed by atoms with van der Waals surface area (Å²) in [6, 6.07) is 4.63. The van der Waals surface area contributed by atoms with Gasteiger partial charge in [0.25, 0.3) is 5.91 Å². The molecule has 1 aliphatic rings. The van der Waals surface area contributed by atoms with Crippen molar-refractivity contribution in [1.82, 2.24) is 5.32 Å². The summed E-state index contributed by atoms with van der Waals surface area (Å²) in [5, 5.41) is 12.6. The van der Waals surface area contributed by atoms with Gasteiger partial charge in [0.2, 0.25) is 0 Å². The Labute approximate surface area is 99.4 Å². The van der Waals surface area contributed by atoms with E-state index in [2.05, 4.69) is 12.2 Å². The van der Waals surface area contributed by atoms with E-state index in [0.29, 0.717) is 16.5 Å². The molecule has 0 unspecified atom stereocenters. The fraction of sp³-hybridized carbons (Fsp3) is 0.417. The zero-order valence-electron chi connectivity index (χ0n) is 9.03. The van der Waals surface area contributed by atoms with E-state index in [1.165, 1.54) is 18.2 Å². The molecule has 1 amide bonds. The van der Waals surface area contributed by atoms with Gasteiger partial charge in [0.05, 0.1) is 10.6 Å². The number of halogens is 1. The molecule has 0 atom stereocenters. The molecule has 86 valence electrons. The van der Waals surface area contributed by atoms with Crippen LogP contribution in [-0.4, -0.2) is 17.1 Å². The lowest BCUT2D eigenvalue weighted by atomic mass is 9.82. The molecule has 0 aromatic heterocycles. The van der Waals surface area contributed by atoms with Crippen molar-refractivity contribution >= 4 is 17.5 Å². The second-order valence-corrected chi connectivity index (χ2v) is 4.82. The number of hydrogen-bond donors (Lipinski definition) is 2. The van der Waals surface area contributed by atoms with Gasteiger partial charge in [0, 0.05) is 6.04 Å². The van der Waals surface area contributed by atoms with Crippen LogP contribution in [0.25, 0.3) is 0 Å². The van der Waals surface area contributed by atoms with Crippen LogP contribution >= 0.6 is 11.6 Å². The Morgan fingerprint density at radius 2 is 2.19 bits per heavy atom. The fourth-order valence-electron chi connectivity index (χ4n) is 1.97. The molecule has 0 bridgehead atoms. The number of nitrogens with one attached hydrogen (secondary N) is 1. The third-order valence-corrected chi connectivity index (χ3v) is 3.23. The number of aromatic hydroxyl groups is 1. The van der Waals surface area contributed by atoms with Crippen LogP contribution in [0.2, 0.25) is 5.02 Å². The van der Waals surface area contributed by atoms with Crippen molar-refractivity contribution in [2.24, 2.45) is 5.92 Å². The molecule has 4 heteroatoms. The van der Waals surface area contributed by atoms with Gasteiger partial charge >= 0.3 is 0 Å². The monoisotopic (exact) mass is 239 g/mol. The van der Waals surface area contributed by atoms with Crippen LogP contribution < -0.4 is 5.32 Å². The SMILES string of the molecule is CC1CC(NC(=O)c2cc(O)ccc2Cl)C1. The second-order valence-electron chi connectivity index (χ2n) is 4.41. The van der Waals surface area contributed by atoms with Crippen LogP contribution in [0, 0.1) is 5.92 Å². The van der Waals surface area contributed by atoms with Crippen LogP contribution in [0.4, 0.5) is 0 Å². The maximum atomic E-state index is 11.8. The van der Waals surface area contributed by atoms with Crippen molar-refractivity contribution in [2.75, 3.05) is 0 Å². The lowest BCUT2D eigenvalue weighted by Crippen LogP contribution is -2.43. The maximum absolute atomic E-state index is 11.8. The Hall–Kier alpha value is -1.22. The first-order valence-corrected chi connectivity index (χ1v) is 5.73. The zero-order chi connectivity index (χ0) is 11.7. The molecule has 1 aliphatic carbocycles. The summed E-state index contributed by atoms with van der Waals surface area (Å²) in [6.07, 6.45) is 2.03. The molecule has 1 aromatic carbocycles. The third kappa shape index (κ3) is 2.30. The van der Waals surface area contributed by atoms with E-state index in [1.807, 2.05) is 0 Å². The minimum atomic E-state index is -0.210.